The molecule has 5 nitrogen and oxygen atoms in total. The van der Waals surface area contributed by atoms with Crippen LogP contribution >= 0.6 is 0 Å². The fourth-order valence-electron chi connectivity index (χ4n) is 3.10. The number of aromatic nitrogens is 2. The Hall–Kier alpha value is -2.92. The maximum absolute atomic E-state index is 13.2. The molecule has 0 bridgehead atoms. The number of amides is 1. The van der Waals surface area contributed by atoms with Crippen LogP contribution < -0.4 is 0 Å². The second-order valence-corrected chi connectivity index (χ2v) is 7.04. The van der Waals surface area contributed by atoms with Crippen LogP contribution in [0.2, 0.25) is 0 Å². The molecule has 0 radical (unpaired) electrons. The first kappa shape index (κ1) is 19.8. The zero-order chi connectivity index (χ0) is 20.1. The zero-order valence-corrected chi connectivity index (χ0v) is 17.0. The van der Waals surface area contributed by atoms with Gasteiger partial charge in [0, 0.05) is 39.1 Å². The standard InChI is InChI=1S/C23H27N3O2/c1-17-11-12-19(15-18(17)2)22-21(23(27)25(3)13-8-14-28-4)16-26(24-22)20-9-6-5-7-10-20/h5-7,9-12,15-16H,8,13-14H2,1-4H3. The molecule has 3 rings (SSSR count). The lowest BCUT2D eigenvalue weighted by Gasteiger charge is -2.16. The number of carbonyl (C=O) groups excluding carboxylic acids is 1. The van der Waals surface area contributed by atoms with Gasteiger partial charge in [0.25, 0.3) is 5.91 Å². The first-order valence-electron chi connectivity index (χ1n) is 9.48. The molecule has 0 saturated heterocycles. The lowest BCUT2D eigenvalue weighted by atomic mass is 10.0. The highest BCUT2D eigenvalue weighted by Crippen LogP contribution is 2.26. The van der Waals surface area contributed by atoms with Crippen LogP contribution in [-0.4, -0.2) is 47.9 Å². The normalized spacial score (nSPS) is 10.9. The molecule has 0 spiro atoms. The fraction of sp³-hybridized carbons (Fsp3) is 0.304. The van der Waals surface area contributed by atoms with Gasteiger partial charge in [0.2, 0.25) is 0 Å². The number of aryl methyl sites for hydroxylation is 2. The van der Waals surface area contributed by atoms with Crippen molar-refractivity contribution < 1.29 is 9.53 Å². The Bertz CT molecular complexity index is 948. The minimum absolute atomic E-state index is 0.0356. The SMILES string of the molecule is COCCCN(C)C(=O)c1cn(-c2ccccc2)nc1-c1ccc(C)c(C)c1. The van der Waals surface area contributed by atoms with Gasteiger partial charge >= 0.3 is 0 Å². The Morgan fingerprint density at radius 2 is 1.86 bits per heavy atom. The number of nitrogens with zero attached hydrogens (tertiary/aromatic N) is 3. The van der Waals surface area contributed by atoms with E-state index in [4.69, 9.17) is 9.84 Å². The van der Waals surface area contributed by atoms with E-state index in [0.29, 0.717) is 24.4 Å². The van der Waals surface area contributed by atoms with Crippen LogP contribution in [0.25, 0.3) is 16.9 Å². The maximum Gasteiger partial charge on any atom is 0.257 e. The van der Waals surface area contributed by atoms with Gasteiger partial charge < -0.3 is 9.64 Å². The Balaban J connectivity index is 2.02. The van der Waals surface area contributed by atoms with Gasteiger partial charge in [-0.25, -0.2) is 4.68 Å². The van der Waals surface area contributed by atoms with Crippen LogP contribution in [0.5, 0.6) is 0 Å². The summed E-state index contributed by atoms with van der Waals surface area (Å²) in [6.07, 6.45) is 2.62. The summed E-state index contributed by atoms with van der Waals surface area (Å²) in [6.45, 7) is 5.42. The topological polar surface area (TPSA) is 47.4 Å². The highest BCUT2D eigenvalue weighted by molar-refractivity contribution is 5.99. The smallest absolute Gasteiger partial charge is 0.257 e. The van der Waals surface area contributed by atoms with E-state index >= 15 is 0 Å². The number of para-hydroxylation sites is 1. The largest absolute Gasteiger partial charge is 0.385 e. The summed E-state index contributed by atoms with van der Waals surface area (Å²) in [5.41, 5.74) is 5.58. The fourth-order valence-corrected chi connectivity index (χ4v) is 3.10. The molecule has 2 aromatic carbocycles. The van der Waals surface area contributed by atoms with Gasteiger partial charge in [-0.2, -0.15) is 5.10 Å². The maximum atomic E-state index is 13.2. The highest BCUT2D eigenvalue weighted by Gasteiger charge is 2.21. The molecule has 28 heavy (non-hydrogen) atoms. The number of hydrogen-bond donors (Lipinski definition) is 0. The first-order chi connectivity index (χ1) is 13.5. The highest BCUT2D eigenvalue weighted by atomic mass is 16.5. The van der Waals surface area contributed by atoms with Gasteiger partial charge in [-0.1, -0.05) is 30.3 Å². The summed E-state index contributed by atoms with van der Waals surface area (Å²) in [4.78, 5) is 14.9. The number of rotatable bonds is 7. The van der Waals surface area contributed by atoms with Gasteiger partial charge in [0.05, 0.1) is 11.3 Å². The molecule has 0 unspecified atom stereocenters. The average molecular weight is 377 g/mol. The summed E-state index contributed by atoms with van der Waals surface area (Å²) >= 11 is 0. The van der Waals surface area contributed by atoms with Crippen molar-refractivity contribution in [2.45, 2.75) is 20.3 Å². The summed E-state index contributed by atoms with van der Waals surface area (Å²) in [5.74, 6) is -0.0356. The Morgan fingerprint density at radius 3 is 2.54 bits per heavy atom. The molecule has 0 N–H and O–H groups in total. The molecule has 1 aromatic heterocycles. The number of carbonyl (C=O) groups is 1. The molecule has 1 heterocycles. The van der Waals surface area contributed by atoms with Gasteiger partial charge in [-0.05, 0) is 49.6 Å². The third-order valence-corrected chi connectivity index (χ3v) is 4.93. The van der Waals surface area contributed by atoms with Crippen molar-refractivity contribution in [1.29, 1.82) is 0 Å². The third-order valence-electron chi connectivity index (χ3n) is 4.93. The van der Waals surface area contributed by atoms with Crippen molar-refractivity contribution in [3.63, 3.8) is 0 Å². The number of methoxy groups -OCH3 is 1. The zero-order valence-electron chi connectivity index (χ0n) is 17.0. The third kappa shape index (κ3) is 4.31. The summed E-state index contributed by atoms with van der Waals surface area (Å²) < 4.78 is 6.88. The van der Waals surface area contributed by atoms with Crippen molar-refractivity contribution in [2.75, 3.05) is 27.3 Å². The molecule has 0 aliphatic carbocycles. The van der Waals surface area contributed by atoms with Crippen LogP contribution in [0.1, 0.15) is 27.9 Å². The van der Waals surface area contributed by atoms with Crippen LogP contribution in [0, 0.1) is 13.8 Å². The van der Waals surface area contributed by atoms with E-state index in [9.17, 15) is 4.79 Å². The van der Waals surface area contributed by atoms with Crippen LogP contribution in [-0.2, 0) is 4.74 Å². The predicted molar refractivity (Wildman–Crippen MR) is 112 cm³/mol. The quantitative estimate of drug-likeness (QED) is 0.578. The number of benzene rings is 2. The van der Waals surface area contributed by atoms with Crippen molar-refractivity contribution >= 4 is 5.91 Å². The minimum atomic E-state index is -0.0356. The van der Waals surface area contributed by atoms with E-state index in [0.717, 1.165) is 17.7 Å². The van der Waals surface area contributed by atoms with E-state index in [1.165, 1.54) is 11.1 Å². The Labute approximate surface area is 166 Å². The molecule has 146 valence electrons. The molecule has 0 aliphatic rings. The Morgan fingerprint density at radius 1 is 1.11 bits per heavy atom. The minimum Gasteiger partial charge on any atom is -0.385 e. The van der Waals surface area contributed by atoms with E-state index in [2.05, 4.69) is 26.0 Å². The molecule has 0 aliphatic heterocycles. The number of hydrogen-bond acceptors (Lipinski definition) is 3. The van der Waals surface area contributed by atoms with Gasteiger partial charge in [0.1, 0.15) is 5.69 Å². The molecule has 1 amide bonds. The molecule has 5 heteroatoms. The van der Waals surface area contributed by atoms with Crippen molar-refractivity contribution in [3.8, 4) is 16.9 Å². The van der Waals surface area contributed by atoms with E-state index in [1.54, 1.807) is 16.7 Å². The number of ether oxygens (including phenoxy) is 1. The molecule has 3 aromatic rings. The van der Waals surface area contributed by atoms with Gasteiger partial charge in [-0.3, -0.25) is 4.79 Å². The van der Waals surface area contributed by atoms with Gasteiger partial charge in [0.15, 0.2) is 0 Å². The monoisotopic (exact) mass is 377 g/mol. The molecule has 0 saturated carbocycles. The summed E-state index contributed by atoms with van der Waals surface area (Å²) in [7, 11) is 3.49. The first-order valence-corrected chi connectivity index (χ1v) is 9.48. The van der Waals surface area contributed by atoms with Crippen LogP contribution in [0.15, 0.2) is 54.7 Å². The van der Waals surface area contributed by atoms with E-state index < -0.39 is 0 Å². The average Bonchev–Trinajstić information content (AvgIpc) is 3.15. The van der Waals surface area contributed by atoms with E-state index in [1.807, 2.05) is 49.6 Å². The van der Waals surface area contributed by atoms with E-state index in [-0.39, 0.29) is 5.91 Å². The van der Waals surface area contributed by atoms with Crippen LogP contribution in [0.4, 0.5) is 0 Å². The van der Waals surface area contributed by atoms with Crippen molar-refractivity contribution in [1.82, 2.24) is 14.7 Å². The summed E-state index contributed by atoms with van der Waals surface area (Å²) in [6, 6.07) is 16.0. The lowest BCUT2D eigenvalue weighted by Crippen LogP contribution is -2.28. The second-order valence-electron chi connectivity index (χ2n) is 7.04. The molecule has 0 fully saturated rings. The molecule has 0 atom stereocenters. The lowest BCUT2D eigenvalue weighted by molar-refractivity contribution is 0.0780. The molecular formula is C23H27N3O2. The van der Waals surface area contributed by atoms with Crippen molar-refractivity contribution in [3.05, 3.63) is 71.4 Å². The Kier molecular flexibility index (Phi) is 6.26. The molecular weight excluding hydrogens is 350 g/mol. The van der Waals surface area contributed by atoms with Crippen molar-refractivity contribution in [2.24, 2.45) is 0 Å². The second kappa shape index (κ2) is 8.85. The van der Waals surface area contributed by atoms with Crippen LogP contribution in [0.3, 0.4) is 0 Å². The summed E-state index contributed by atoms with van der Waals surface area (Å²) in [5, 5.41) is 4.77. The van der Waals surface area contributed by atoms with Gasteiger partial charge in [-0.15, -0.1) is 0 Å². The predicted octanol–water partition coefficient (Wildman–Crippen LogP) is 4.26.